The van der Waals surface area contributed by atoms with Crippen LogP contribution < -0.4 is 0 Å². The molecule has 0 unspecified atom stereocenters. The predicted octanol–water partition coefficient (Wildman–Crippen LogP) is 2.59. The molecule has 0 amide bonds. The Bertz CT molecular complexity index is 7.61. The SMILES string of the molecule is [Br][Zr+2][Br].[CH3-].[CH3-]. The molecule has 5 heavy (non-hydrogen) atoms. The van der Waals surface area contributed by atoms with E-state index in [4.69, 9.17) is 0 Å². The fourth-order valence-corrected chi connectivity index (χ4v) is 0. The van der Waals surface area contributed by atoms with Crippen molar-refractivity contribution in [1.29, 1.82) is 0 Å². The molecule has 0 aromatic carbocycles. The maximum absolute atomic E-state index is 3.23. The minimum Gasteiger partial charge on any atom is -0.358 e. The van der Waals surface area contributed by atoms with Gasteiger partial charge in [-0.2, -0.15) is 0 Å². The van der Waals surface area contributed by atoms with Crippen LogP contribution >= 0.6 is 24.4 Å². The molecular formula is C2H6Br2Zr. The zero-order valence-electron chi connectivity index (χ0n) is 3.26. The Labute approximate surface area is 57.2 Å². The van der Waals surface area contributed by atoms with Gasteiger partial charge in [0, 0.05) is 0 Å². The summed E-state index contributed by atoms with van der Waals surface area (Å²) in [6.45, 7) is 0. The molecule has 0 N–H and O–H groups in total. The van der Waals surface area contributed by atoms with Crippen LogP contribution in [0.4, 0.5) is 0 Å². The average Bonchev–Trinajstić information content (AvgIpc) is 0.918. The van der Waals surface area contributed by atoms with Gasteiger partial charge in [0.2, 0.25) is 0 Å². The van der Waals surface area contributed by atoms with Gasteiger partial charge >= 0.3 is 43.0 Å². The summed E-state index contributed by atoms with van der Waals surface area (Å²) in [4.78, 5) is 0. The Morgan fingerprint density at radius 3 is 1.00 bits per heavy atom. The van der Waals surface area contributed by atoms with Gasteiger partial charge < -0.3 is 14.9 Å². The Kier molecular flexibility index (Phi) is 53.6. The van der Waals surface area contributed by atoms with Crippen molar-refractivity contribution in [1.82, 2.24) is 0 Å². The third-order valence-corrected chi connectivity index (χ3v) is 0. The van der Waals surface area contributed by atoms with Crippen LogP contribution in [0, 0.1) is 14.9 Å². The standard InChI is InChI=1S/2CH3.2BrH.Zr/h2*1H3;2*1H;/q2*-1;;;+4/p-2. The quantitative estimate of drug-likeness (QED) is 0.599. The van der Waals surface area contributed by atoms with Gasteiger partial charge in [0.15, 0.2) is 0 Å². The molecular weight excluding hydrogens is 275 g/mol. The van der Waals surface area contributed by atoms with Gasteiger partial charge in [0.25, 0.3) is 0 Å². The Morgan fingerprint density at radius 2 is 1.00 bits per heavy atom. The molecule has 0 rings (SSSR count). The van der Waals surface area contributed by atoms with Crippen LogP contribution in [0.1, 0.15) is 0 Å². The number of rotatable bonds is 0. The number of halogens is 2. The Hall–Kier alpha value is 1.84. The van der Waals surface area contributed by atoms with Crippen LogP contribution in [0.3, 0.4) is 0 Å². The van der Waals surface area contributed by atoms with Gasteiger partial charge in [0.05, 0.1) is 0 Å². The van der Waals surface area contributed by atoms with E-state index in [1.165, 1.54) is 0 Å². The second kappa shape index (κ2) is 17.0. The van der Waals surface area contributed by atoms with Crippen molar-refractivity contribution >= 4 is 24.4 Å². The molecule has 0 nitrogen and oxygen atoms in total. The first-order valence-electron chi connectivity index (χ1n) is 0.378. The van der Waals surface area contributed by atoms with E-state index in [9.17, 15) is 0 Å². The van der Waals surface area contributed by atoms with Crippen LogP contribution in [0.5, 0.6) is 0 Å². The van der Waals surface area contributed by atoms with Crippen LogP contribution in [-0.2, 0) is 18.5 Å². The summed E-state index contributed by atoms with van der Waals surface area (Å²) >= 11 is 6.32. The summed E-state index contributed by atoms with van der Waals surface area (Å²) in [5.41, 5.74) is 0. The van der Waals surface area contributed by atoms with Crippen molar-refractivity contribution in [3.63, 3.8) is 0 Å². The van der Waals surface area contributed by atoms with Crippen LogP contribution in [0.2, 0.25) is 0 Å². The van der Waals surface area contributed by atoms with Crippen molar-refractivity contribution in [2.45, 2.75) is 0 Å². The summed E-state index contributed by atoms with van der Waals surface area (Å²) < 4.78 is 0. The molecule has 0 spiro atoms. The van der Waals surface area contributed by atoms with Crippen LogP contribution in [0.25, 0.3) is 0 Å². The average molecular weight is 281 g/mol. The van der Waals surface area contributed by atoms with E-state index < -0.39 is 0 Å². The van der Waals surface area contributed by atoms with E-state index in [0.717, 1.165) is 0 Å². The third-order valence-electron chi connectivity index (χ3n) is 0. The topological polar surface area (TPSA) is 0 Å². The molecule has 0 saturated carbocycles. The Balaban J connectivity index is -0.0000000200. The molecule has 0 aliphatic rings. The predicted molar refractivity (Wildman–Crippen MR) is 30.7 cm³/mol. The molecule has 0 atom stereocenters. The van der Waals surface area contributed by atoms with Crippen molar-refractivity contribution < 1.29 is 18.5 Å². The van der Waals surface area contributed by atoms with E-state index in [0.29, 0.717) is 0 Å². The summed E-state index contributed by atoms with van der Waals surface area (Å²) in [5, 5.41) is 0. The van der Waals surface area contributed by atoms with Crippen molar-refractivity contribution in [3.8, 4) is 0 Å². The fourth-order valence-electron chi connectivity index (χ4n) is 0. The monoisotopic (exact) mass is 278 g/mol. The second-order valence-electron chi connectivity index (χ2n) is 0.0714. The van der Waals surface area contributed by atoms with E-state index in [2.05, 4.69) is 24.4 Å². The first-order chi connectivity index (χ1) is 1.41. The molecule has 0 radical (unpaired) electrons. The molecule has 0 aliphatic carbocycles. The first-order valence-corrected chi connectivity index (χ1v) is 11.6. The van der Waals surface area contributed by atoms with Crippen molar-refractivity contribution in [2.75, 3.05) is 0 Å². The zero-order chi connectivity index (χ0) is 2.71. The maximum Gasteiger partial charge on any atom is -0.358 e. The minimum atomic E-state index is -0.145. The normalized spacial score (nSPS) is 2.00. The van der Waals surface area contributed by atoms with Crippen molar-refractivity contribution in [3.05, 3.63) is 14.9 Å². The van der Waals surface area contributed by atoms with Gasteiger partial charge in [-0.25, -0.2) is 0 Å². The van der Waals surface area contributed by atoms with Gasteiger partial charge in [-0.05, 0) is 0 Å². The number of hydrogen-bond donors (Lipinski definition) is 0. The molecule has 0 saturated heterocycles. The summed E-state index contributed by atoms with van der Waals surface area (Å²) in [7, 11) is 0. The van der Waals surface area contributed by atoms with Crippen LogP contribution in [0.15, 0.2) is 0 Å². The van der Waals surface area contributed by atoms with E-state index in [1.807, 2.05) is 0 Å². The second-order valence-corrected chi connectivity index (χ2v) is 11.4. The first kappa shape index (κ1) is 15.8. The fraction of sp³-hybridized carbons (Fsp3) is 0. The van der Waals surface area contributed by atoms with Gasteiger partial charge in [-0.3, -0.25) is 0 Å². The van der Waals surface area contributed by atoms with Gasteiger partial charge in [0.1, 0.15) is 0 Å². The summed E-state index contributed by atoms with van der Waals surface area (Å²) in [6, 6.07) is 0. The molecule has 32 valence electrons. The maximum atomic E-state index is 3.23. The molecule has 0 bridgehead atoms. The molecule has 0 aliphatic heterocycles. The Morgan fingerprint density at radius 1 is 1.00 bits per heavy atom. The van der Waals surface area contributed by atoms with Crippen LogP contribution in [-0.4, -0.2) is 0 Å². The van der Waals surface area contributed by atoms with Gasteiger partial charge in [-0.1, -0.05) is 0 Å². The summed E-state index contributed by atoms with van der Waals surface area (Å²) in [5.74, 6) is 0. The molecule has 0 aromatic heterocycles. The number of hydrogen-bond acceptors (Lipinski definition) is 0. The van der Waals surface area contributed by atoms with E-state index >= 15 is 0 Å². The minimum absolute atomic E-state index is 0. The molecule has 0 aromatic rings. The summed E-state index contributed by atoms with van der Waals surface area (Å²) in [6.07, 6.45) is 0. The largest absolute Gasteiger partial charge is 0.358 e. The molecule has 3 heteroatoms. The molecule has 0 heterocycles. The van der Waals surface area contributed by atoms with E-state index in [-0.39, 0.29) is 33.4 Å². The third kappa shape index (κ3) is 25.4. The van der Waals surface area contributed by atoms with Crippen molar-refractivity contribution in [2.24, 2.45) is 0 Å². The van der Waals surface area contributed by atoms with E-state index in [1.54, 1.807) is 0 Å². The zero-order valence-corrected chi connectivity index (χ0v) is 8.89. The van der Waals surface area contributed by atoms with Gasteiger partial charge in [-0.15, -0.1) is 0 Å². The smallest absolute Gasteiger partial charge is 0.358 e. The molecule has 0 fully saturated rings.